The van der Waals surface area contributed by atoms with E-state index in [4.69, 9.17) is 14.7 Å². The van der Waals surface area contributed by atoms with Crippen LogP contribution in [0.5, 0.6) is 0 Å². The van der Waals surface area contributed by atoms with Crippen LogP contribution in [0.4, 0.5) is 5.69 Å². The second-order valence-electron chi connectivity index (χ2n) is 9.09. The van der Waals surface area contributed by atoms with E-state index >= 15 is 0 Å². The molecule has 0 spiro atoms. The molecule has 1 fully saturated rings. The fourth-order valence-corrected chi connectivity index (χ4v) is 5.18. The molecule has 0 bridgehead atoms. The number of nitrogens with zero attached hydrogens (tertiary/aromatic N) is 6. The Balaban J connectivity index is 1.70. The van der Waals surface area contributed by atoms with Gasteiger partial charge in [0.15, 0.2) is 5.82 Å². The predicted octanol–water partition coefficient (Wildman–Crippen LogP) is 4.68. The lowest BCUT2D eigenvalue weighted by Gasteiger charge is -2.29. The summed E-state index contributed by atoms with van der Waals surface area (Å²) in [7, 11) is 0. The zero-order valence-corrected chi connectivity index (χ0v) is 20.6. The number of fused-ring (bicyclic) bond motifs is 2. The molecule has 35 heavy (non-hydrogen) atoms. The van der Waals surface area contributed by atoms with Gasteiger partial charge in [-0.15, -0.1) is 0 Å². The number of anilines is 1. The van der Waals surface area contributed by atoms with Crippen molar-refractivity contribution in [3.63, 3.8) is 0 Å². The van der Waals surface area contributed by atoms with Gasteiger partial charge in [-0.05, 0) is 51.0 Å². The summed E-state index contributed by atoms with van der Waals surface area (Å²) in [6.45, 7) is 11.5. The van der Waals surface area contributed by atoms with Crippen molar-refractivity contribution in [2.24, 2.45) is 0 Å². The number of aromatic amines is 1. The third kappa shape index (κ3) is 3.56. The molecule has 0 aliphatic carbocycles. The van der Waals surface area contributed by atoms with Crippen LogP contribution < -0.4 is 4.90 Å². The lowest BCUT2D eigenvalue weighted by molar-refractivity contribution is 0.122. The molecule has 0 amide bonds. The molecule has 1 aliphatic heterocycles. The highest BCUT2D eigenvalue weighted by atomic mass is 16.5. The molecule has 8 nitrogen and oxygen atoms in total. The summed E-state index contributed by atoms with van der Waals surface area (Å²) < 4.78 is 7.91. The summed E-state index contributed by atoms with van der Waals surface area (Å²) in [5, 5.41) is 8.53. The quantitative estimate of drug-likeness (QED) is 0.413. The highest BCUT2D eigenvalue weighted by Crippen LogP contribution is 2.37. The molecule has 178 valence electrons. The monoisotopic (exact) mass is 467 g/mol. The minimum Gasteiger partial charge on any atom is -0.378 e. The van der Waals surface area contributed by atoms with E-state index in [9.17, 15) is 0 Å². The van der Waals surface area contributed by atoms with E-state index in [0.717, 1.165) is 88.9 Å². The normalized spacial score (nSPS) is 14.3. The van der Waals surface area contributed by atoms with Crippen LogP contribution in [0.3, 0.4) is 0 Å². The minimum atomic E-state index is 0.713. The Morgan fingerprint density at radius 3 is 2.54 bits per heavy atom. The van der Waals surface area contributed by atoms with Crippen LogP contribution in [0.2, 0.25) is 0 Å². The molecule has 4 heterocycles. The highest BCUT2D eigenvalue weighted by Gasteiger charge is 2.23. The summed E-state index contributed by atoms with van der Waals surface area (Å²) in [6.07, 6.45) is 0.872. The zero-order valence-electron chi connectivity index (χ0n) is 20.6. The molecule has 1 aliphatic rings. The number of hydrogen-bond donors (Lipinski definition) is 1. The second-order valence-corrected chi connectivity index (χ2v) is 9.09. The van der Waals surface area contributed by atoms with Crippen LogP contribution in [0.25, 0.3) is 39.0 Å². The third-order valence-electron chi connectivity index (χ3n) is 6.90. The Labute approximate surface area is 204 Å². The first-order chi connectivity index (χ1) is 17.0. The number of nitrogens with one attached hydrogen (secondary N) is 1. The molecule has 2 aromatic carbocycles. The van der Waals surface area contributed by atoms with Gasteiger partial charge in [-0.2, -0.15) is 5.10 Å². The number of morpholine rings is 1. The number of para-hydroxylation sites is 1. The van der Waals surface area contributed by atoms with Gasteiger partial charge in [-0.3, -0.25) is 14.6 Å². The first-order valence-corrected chi connectivity index (χ1v) is 12.2. The number of H-pyrrole nitrogens is 1. The minimum absolute atomic E-state index is 0.713. The number of rotatable bonds is 4. The summed E-state index contributed by atoms with van der Waals surface area (Å²) in [4.78, 5) is 17.1. The topological polar surface area (TPSA) is 84.8 Å². The van der Waals surface area contributed by atoms with Crippen molar-refractivity contribution in [1.82, 2.24) is 29.7 Å². The smallest absolute Gasteiger partial charge is 0.158 e. The Kier molecular flexibility index (Phi) is 5.25. The largest absolute Gasteiger partial charge is 0.378 e. The number of imidazole rings is 1. The maximum atomic E-state index is 5.62. The molecule has 8 heteroatoms. The van der Waals surface area contributed by atoms with Gasteiger partial charge in [-0.25, -0.2) is 9.97 Å². The lowest BCUT2D eigenvalue weighted by atomic mass is 10.0. The zero-order chi connectivity index (χ0) is 24.1. The second kappa shape index (κ2) is 8.46. The van der Waals surface area contributed by atoms with Gasteiger partial charge in [0.25, 0.3) is 0 Å². The first kappa shape index (κ1) is 21.7. The summed E-state index contributed by atoms with van der Waals surface area (Å²) in [6, 6.07) is 12.8. The van der Waals surface area contributed by atoms with Crippen LogP contribution >= 0.6 is 0 Å². The summed E-state index contributed by atoms with van der Waals surface area (Å²) >= 11 is 0. The van der Waals surface area contributed by atoms with E-state index in [1.165, 1.54) is 5.56 Å². The van der Waals surface area contributed by atoms with Gasteiger partial charge < -0.3 is 9.64 Å². The van der Waals surface area contributed by atoms with Crippen LogP contribution in [0, 0.1) is 20.8 Å². The summed E-state index contributed by atoms with van der Waals surface area (Å²) in [5.41, 5.74) is 8.49. The predicted molar refractivity (Wildman–Crippen MR) is 138 cm³/mol. The number of ether oxygens (including phenoxy) is 1. The van der Waals surface area contributed by atoms with E-state index in [2.05, 4.69) is 75.8 Å². The first-order valence-electron chi connectivity index (χ1n) is 12.2. The highest BCUT2D eigenvalue weighted by molar-refractivity contribution is 5.98. The Morgan fingerprint density at radius 1 is 1.00 bits per heavy atom. The number of aromatic nitrogens is 6. The average molecular weight is 468 g/mol. The van der Waals surface area contributed by atoms with Crippen LogP contribution in [0.1, 0.15) is 29.8 Å². The van der Waals surface area contributed by atoms with Gasteiger partial charge in [0, 0.05) is 35.4 Å². The van der Waals surface area contributed by atoms with E-state index in [-0.39, 0.29) is 0 Å². The van der Waals surface area contributed by atoms with Crippen molar-refractivity contribution in [3.8, 4) is 17.1 Å². The number of pyridine rings is 1. The van der Waals surface area contributed by atoms with Crippen molar-refractivity contribution >= 4 is 27.6 Å². The molecule has 0 radical (unpaired) electrons. The fourth-order valence-electron chi connectivity index (χ4n) is 5.18. The van der Waals surface area contributed by atoms with Crippen molar-refractivity contribution in [3.05, 3.63) is 59.3 Å². The van der Waals surface area contributed by atoms with Crippen molar-refractivity contribution < 1.29 is 4.74 Å². The van der Waals surface area contributed by atoms with E-state index in [1.54, 1.807) is 0 Å². The summed E-state index contributed by atoms with van der Waals surface area (Å²) in [5.74, 6) is 2.38. The van der Waals surface area contributed by atoms with E-state index in [1.807, 2.05) is 13.0 Å². The standard InChI is InChI=1S/C27H29N7O/c1-5-22-16(2)26(20-8-6-7-9-23(20)30-22)34-18(4)29-25-21(27-28-17(3)31-32-27)14-19(15-24(25)34)33-10-12-35-13-11-33/h6-9,14-15H,5,10-13H2,1-4H3,(H,28,31,32). The Bertz CT molecular complexity index is 1560. The Morgan fingerprint density at radius 2 is 1.80 bits per heavy atom. The van der Waals surface area contributed by atoms with Gasteiger partial charge in [0.05, 0.1) is 29.9 Å². The molecule has 5 aromatic rings. The van der Waals surface area contributed by atoms with Crippen molar-refractivity contribution in [2.75, 3.05) is 31.2 Å². The maximum Gasteiger partial charge on any atom is 0.158 e. The van der Waals surface area contributed by atoms with Gasteiger partial charge >= 0.3 is 0 Å². The van der Waals surface area contributed by atoms with Crippen LogP contribution in [0.15, 0.2) is 36.4 Å². The number of aryl methyl sites for hydroxylation is 3. The van der Waals surface area contributed by atoms with Crippen LogP contribution in [-0.2, 0) is 11.2 Å². The maximum absolute atomic E-state index is 5.62. The molecule has 3 aromatic heterocycles. The molecule has 0 saturated carbocycles. The van der Waals surface area contributed by atoms with Gasteiger partial charge in [-0.1, -0.05) is 25.1 Å². The van der Waals surface area contributed by atoms with Gasteiger partial charge in [0.1, 0.15) is 17.2 Å². The lowest BCUT2D eigenvalue weighted by Crippen LogP contribution is -2.36. The van der Waals surface area contributed by atoms with Crippen molar-refractivity contribution in [2.45, 2.75) is 34.1 Å². The fraction of sp³-hybridized carbons (Fsp3) is 0.333. The van der Waals surface area contributed by atoms with Crippen molar-refractivity contribution in [1.29, 1.82) is 0 Å². The molecule has 6 rings (SSSR count). The molecule has 1 N–H and O–H groups in total. The molecular formula is C27H29N7O. The van der Waals surface area contributed by atoms with E-state index in [0.29, 0.717) is 5.82 Å². The number of hydrogen-bond acceptors (Lipinski definition) is 6. The van der Waals surface area contributed by atoms with Gasteiger partial charge in [0.2, 0.25) is 0 Å². The number of benzene rings is 2. The molecule has 0 unspecified atom stereocenters. The average Bonchev–Trinajstić information content (AvgIpc) is 3.46. The SMILES string of the molecule is CCc1nc2ccccc2c(-n2c(C)nc3c(-c4nc(C)n[nH]4)cc(N4CCOCC4)cc32)c1C. The molecular weight excluding hydrogens is 438 g/mol. The van der Waals surface area contributed by atoms with E-state index < -0.39 is 0 Å². The third-order valence-corrected chi connectivity index (χ3v) is 6.90. The Hall–Kier alpha value is -3.78. The molecule has 0 atom stereocenters. The van der Waals surface area contributed by atoms with Crippen LogP contribution in [-0.4, -0.2) is 56.0 Å². The molecule has 1 saturated heterocycles.